The molecule has 4 aromatic rings. The van der Waals surface area contributed by atoms with Gasteiger partial charge in [0.15, 0.2) is 5.13 Å². The molecule has 0 spiro atoms. The molecule has 0 unspecified atom stereocenters. The van der Waals surface area contributed by atoms with Gasteiger partial charge in [-0.05, 0) is 30.7 Å². The number of nitrogens with zero attached hydrogens (tertiary/aromatic N) is 5. The first-order valence-corrected chi connectivity index (χ1v) is 11.5. The Bertz CT molecular complexity index is 1320. The fourth-order valence-corrected chi connectivity index (χ4v) is 4.77. The maximum absolute atomic E-state index is 6.06. The molecule has 170 valence electrons. The van der Waals surface area contributed by atoms with Crippen molar-refractivity contribution in [2.75, 3.05) is 43.2 Å². The van der Waals surface area contributed by atoms with Gasteiger partial charge in [0.1, 0.15) is 28.5 Å². The van der Waals surface area contributed by atoms with Crippen molar-refractivity contribution in [1.82, 2.24) is 19.9 Å². The van der Waals surface area contributed by atoms with E-state index >= 15 is 0 Å². The van der Waals surface area contributed by atoms with Crippen LogP contribution in [0.15, 0.2) is 30.5 Å². The maximum atomic E-state index is 6.06. The van der Waals surface area contributed by atoms with E-state index < -0.39 is 0 Å². The predicted molar refractivity (Wildman–Crippen MR) is 131 cm³/mol. The lowest BCUT2D eigenvalue weighted by molar-refractivity contribution is 0.202. The third-order valence-electron chi connectivity index (χ3n) is 5.70. The fraction of sp³-hybridized carbons (Fsp3) is 0.304. The summed E-state index contributed by atoms with van der Waals surface area (Å²) >= 11 is 1.39. The normalized spacial score (nSPS) is 13.6. The SMILES string of the molecule is COCCc1c(C)nc(N)nc1N1CCOc2ccc(-c3cnc4sc(N)nc4c3)cc2C1. The van der Waals surface area contributed by atoms with Gasteiger partial charge in [0.05, 0.1) is 13.2 Å². The molecule has 0 atom stereocenters. The topological polar surface area (TPSA) is 125 Å². The Labute approximate surface area is 195 Å². The van der Waals surface area contributed by atoms with Gasteiger partial charge < -0.3 is 25.8 Å². The molecule has 0 saturated carbocycles. The number of aromatic nitrogens is 4. The number of ether oxygens (including phenoxy) is 2. The molecule has 0 radical (unpaired) electrons. The molecular formula is C23H25N7O2S. The van der Waals surface area contributed by atoms with Crippen LogP contribution >= 0.6 is 11.3 Å². The lowest BCUT2D eigenvalue weighted by Gasteiger charge is -2.25. The summed E-state index contributed by atoms with van der Waals surface area (Å²) in [4.78, 5) is 20.9. The molecule has 0 saturated heterocycles. The maximum Gasteiger partial charge on any atom is 0.222 e. The van der Waals surface area contributed by atoms with E-state index in [1.165, 1.54) is 11.3 Å². The van der Waals surface area contributed by atoms with Crippen molar-refractivity contribution in [3.8, 4) is 16.9 Å². The van der Waals surface area contributed by atoms with Crippen molar-refractivity contribution < 1.29 is 9.47 Å². The zero-order valence-electron chi connectivity index (χ0n) is 18.5. The van der Waals surface area contributed by atoms with E-state index in [0.717, 1.165) is 49.9 Å². The van der Waals surface area contributed by atoms with Gasteiger partial charge in [-0.1, -0.05) is 17.4 Å². The first-order chi connectivity index (χ1) is 16.0. The molecule has 4 heterocycles. The van der Waals surface area contributed by atoms with E-state index in [4.69, 9.17) is 20.9 Å². The highest BCUT2D eigenvalue weighted by Crippen LogP contribution is 2.33. The summed E-state index contributed by atoms with van der Waals surface area (Å²) in [6.07, 6.45) is 2.57. The Morgan fingerprint density at radius 1 is 1.15 bits per heavy atom. The van der Waals surface area contributed by atoms with Gasteiger partial charge in [-0.15, -0.1) is 0 Å². The Hall–Kier alpha value is -3.50. The Morgan fingerprint density at radius 3 is 2.88 bits per heavy atom. The van der Waals surface area contributed by atoms with Crippen LogP contribution in [0, 0.1) is 6.92 Å². The summed E-state index contributed by atoms with van der Waals surface area (Å²) in [6.45, 7) is 4.42. The molecule has 4 N–H and O–H groups in total. The molecular weight excluding hydrogens is 438 g/mol. The van der Waals surface area contributed by atoms with Crippen LogP contribution in [0.4, 0.5) is 16.9 Å². The average molecular weight is 464 g/mol. The van der Waals surface area contributed by atoms with E-state index in [1.54, 1.807) is 7.11 Å². The van der Waals surface area contributed by atoms with Gasteiger partial charge >= 0.3 is 0 Å². The lowest BCUT2D eigenvalue weighted by Crippen LogP contribution is -2.28. The van der Waals surface area contributed by atoms with Crippen LogP contribution < -0.4 is 21.1 Å². The first kappa shape index (κ1) is 21.4. The average Bonchev–Trinajstić information content (AvgIpc) is 3.03. The molecule has 0 fully saturated rings. The highest BCUT2D eigenvalue weighted by molar-refractivity contribution is 7.21. The monoisotopic (exact) mass is 463 g/mol. The summed E-state index contributed by atoms with van der Waals surface area (Å²) in [5.74, 6) is 1.97. The quantitative estimate of drug-likeness (QED) is 0.459. The molecule has 0 amide bonds. The molecule has 9 nitrogen and oxygen atoms in total. The van der Waals surface area contributed by atoms with Gasteiger partial charge in [0.2, 0.25) is 5.95 Å². The molecule has 1 aliphatic heterocycles. The summed E-state index contributed by atoms with van der Waals surface area (Å²) < 4.78 is 11.4. The van der Waals surface area contributed by atoms with E-state index in [9.17, 15) is 0 Å². The minimum Gasteiger partial charge on any atom is -0.491 e. The number of nitrogens with two attached hydrogens (primary N) is 2. The number of thiazole rings is 1. The Morgan fingerprint density at radius 2 is 2.03 bits per heavy atom. The Balaban J connectivity index is 1.51. The minimum absolute atomic E-state index is 0.268. The van der Waals surface area contributed by atoms with Crippen LogP contribution in [0.3, 0.4) is 0 Å². The summed E-state index contributed by atoms with van der Waals surface area (Å²) in [5, 5.41) is 0.518. The number of pyridine rings is 1. The van der Waals surface area contributed by atoms with Crippen LogP contribution in [0.25, 0.3) is 21.5 Å². The molecule has 10 heteroatoms. The van der Waals surface area contributed by atoms with E-state index in [2.05, 4.69) is 30.9 Å². The highest BCUT2D eigenvalue weighted by atomic mass is 32.1. The molecule has 3 aromatic heterocycles. The number of benzene rings is 1. The summed E-state index contributed by atoms with van der Waals surface area (Å²) in [5.41, 5.74) is 17.7. The number of nitrogen functional groups attached to an aromatic ring is 2. The van der Waals surface area contributed by atoms with Crippen molar-refractivity contribution in [1.29, 1.82) is 0 Å². The zero-order valence-corrected chi connectivity index (χ0v) is 19.4. The van der Waals surface area contributed by atoms with Crippen LogP contribution in [-0.4, -0.2) is 46.8 Å². The molecule has 0 bridgehead atoms. The third kappa shape index (κ3) is 4.27. The number of hydrogen-bond acceptors (Lipinski definition) is 10. The lowest BCUT2D eigenvalue weighted by atomic mass is 10.0. The molecule has 1 aromatic carbocycles. The van der Waals surface area contributed by atoms with Crippen LogP contribution in [0.2, 0.25) is 0 Å². The van der Waals surface area contributed by atoms with Gasteiger partial charge in [-0.3, -0.25) is 0 Å². The van der Waals surface area contributed by atoms with Gasteiger partial charge in [0, 0.05) is 48.7 Å². The van der Waals surface area contributed by atoms with E-state index in [1.807, 2.05) is 31.3 Å². The van der Waals surface area contributed by atoms with E-state index in [-0.39, 0.29) is 5.95 Å². The van der Waals surface area contributed by atoms with Gasteiger partial charge in [0.25, 0.3) is 0 Å². The van der Waals surface area contributed by atoms with Crippen molar-refractivity contribution in [3.63, 3.8) is 0 Å². The number of anilines is 3. The number of methoxy groups -OCH3 is 1. The number of hydrogen-bond donors (Lipinski definition) is 2. The second kappa shape index (κ2) is 8.80. The van der Waals surface area contributed by atoms with Crippen LogP contribution in [0.5, 0.6) is 5.75 Å². The van der Waals surface area contributed by atoms with Crippen molar-refractivity contribution in [3.05, 3.63) is 47.3 Å². The number of rotatable bonds is 5. The second-order valence-electron chi connectivity index (χ2n) is 7.91. The predicted octanol–water partition coefficient (Wildman–Crippen LogP) is 3.21. The molecule has 0 aliphatic carbocycles. The van der Waals surface area contributed by atoms with Gasteiger partial charge in [-0.25, -0.2) is 15.0 Å². The third-order valence-corrected chi connectivity index (χ3v) is 6.51. The largest absolute Gasteiger partial charge is 0.491 e. The fourth-order valence-electron chi connectivity index (χ4n) is 4.11. The number of aryl methyl sites for hydroxylation is 1. The molecule has 1 aliphatic rings. The van der Waals surface area contributed by atoms with Gasteiger partial charge in [-0.2, -0.15) is 4.98 Å². The summed E-state index contributed by atoms with van der Waals surface area (Å²) in [7, 11) is 1.69. The number of fused-ring (bicyclic) bond motifs is 2. The Kier molecular flexibility index (Phi) is 5.69. The minimum atomic E-state index is 0.268. The van der Waals surface area contributed by atoms with Crippen molar-refractivity contribution >= 4 is 38.6 Å². The van der Waals surface area contributed by atoms with Crippen LogP contribution in [-0.2, 0) is 17.7 Å². The zero-order chi connectivity index (χ0) is 22.9. The highest BCUT2D eigenvalue weighted by Gasteiger charge is 2.22. The smallest absolute Gasteiger partial charge is 0.222 e. The van der Waals surface area contributed by atoms with Crippen molar-refractivity contribution in [2.24, 2.45) is 0 Å². The van der Waals surface area contributed by atoms with Crippen molar-refractivity contribution in [2.45, 2.75) is 19.9 Å². The van der Waals surface area contributed by atoms with Crippen LogP contribution in [0.1, 0.15) is 16.8 Å². The first-order valence-electron chi connectivity index (χ1n) is 10.7. The second-order valence-corrected chi connectivity index (χ2v) is 8.91. The molecule has 5 rings (SSSR count). The standard InChI is InChI=1S/C23H25N7O2S/c1-13-17(5-7-31-2)20(29-22(24)27-13)30-6-8-32-19-4-3-14(9-16(19)12-30)15-10-18-21(26-11-15)33-23(25)28-18/h3-4,9-11H,5-8,12H2,1-2H3,(H2,25,28)(H2,24,27,29). The summed E-state index contributed by atoms with van der Waals surface area (Å²) in [6, 6.07) is 8.21. The molecule has 33 heavy (non-hydrogen) atoms. The van der Waals surface area contributed by atoms with E-state index in [0.29, 0.717) is 37.9 Å².